The third-order valence-corrected chi connectivity index (χ3v) is 3.47. The van der Waals surface area contributed by atoms with Crippen molar-refractivity contribution in [2.75, 3.05) is 10.6 Å². The third-order valence-electron chi connectivity index (χ3n) is 3.47. The Balaban J connectivity index is 1.74. The Morgan fingerprint density at radius 3 is 2.50 bits per heavy atom. The quantitative estimate of drug-likeness (QED) is 0.746. The summed E-state index contributed by atoms with van der Waals surface area (Å²) >= 11 is 0. The van der Waals surface area contributed by atoms with Gasteiger partial charge in [-0.1, -0.05) is 30.3 Å². The minimum absolute atomic E-state index is 0.196. The van der Waals surface area contributed by atoms with Crippen molar-refractivity contribution in [3.63, 3.8) is 0 Å². The Morgan fingerprint density at radius 2 is 1.75 bits per heavy atom. The molecule has 0 saturated carbocycles. The predicted molar refractivity (Wildman–Crippen MR) is 88.0 cm³/mol. The molecule has 5 nitrogen and oxygen atoms in total. The zero-order chi connectivity index (χ0) is 16.9. The van der Waals surface area contributed by atoms with Crippen molar-refractivity contribution in [3.05, 3.63) is 71.4 Å². The number of para-hydroxylation sites is 1. The molecule has 1 aromatic heterocycles. The van der Waals surface area contributed by atoms with Crippen molar-refractivity contribution in [1.82, 2.24) is 15.2 Å². The van der Waals surface area contributed by atoms with E-state index < -0.39 is 11.6 Å². The average Bonchev–Trinajstić information content (AvgIpc) is 2.58. The number of nitrogens with one attached hydrogen (secondary N) is 2. The number of anilines is 3. The van der Waals surface area contributed by atoms with E-state index in [4.69, 9.17) is 0 Å². The Morgan fingerprint density at radius 1 is 1.00 bits per heavy atom. The van der Waals surface area contributed by atoms with Crippen LogP contribution in [0.15, 0.2) is 48.7 Å². The first-order valence-electron chi connectivity index (χ1n) is 7.32. The second kappa shape index (κ2) is 6.99. The predicted octanol–water partition coefficient (Wildman–Crippen LogP) is 3.81. The van der Waals surface area contributed by atoms with E-state index in [1.165, 1.54) is 12.3 Å². The molecule has 0 spiro atoms. The van der Waals surface area contributed by atoms with E-state index in [0.717, 1.165) is 23.3 Å². The first kappa shape index (κ1) is 15.8. The van der Waals surface area contributed by atoms with Crippen LogP contribution in [-0.4, -0.2) is 15.2 Å². The Kier molecular flexibility index (Phi) is 4.60. The van der Waals surface area contributed by atoms with Crippen LogP contribution in [0.3, 0.4) is 0 Å². The molecule has 1 heterocycles. The molecule has 3 aromatic rings. The van der Waals surface area contributed by atoms with Gasteiger partial charge in [-0.25, -0.2) is 8.78 Å². The second-order valence-corrected chi connectivity index (χ2v) is 5.17. The molecular formula is C17H15F2N5. The summed E-state index contributed by atoms with van der Waals surface area (Å²) in [6.07, 6.45) is 1.30. The molecule has 24 heavy (non-hydrogen) atoms. The van der Waals surface area contributed by atoms with Crippen molar-refractivity contribution >= 4 is 17.5 Å². The molecule has 0 saturated heterocycles. The van der Waals surface area contributed by atoms with Gasteiger partial charge in [0.15, 0.2) is 5.82 Å². The highest BCUT2D eigenvalue weighted by Crippen LogP contribution is 2.22. The number of aromatic nitrogens is 3. The first-order valence-corrected chi connectivity index (χ1v) is 7.32. The van der Waals surface area contributed by atoms with E-state index in [2.05, 4.69) is 25.8 Å². The highest BCUT2D eigenvalue weighted by Gasteiger charge is 2.10. The van der Waals surface area contributed by atoms with E-state index in [1.54, 1.807) is 0 Å². The molecule has 0 aliphatic heterocycles. The molecule has 0 fully saturated rings. The van der Waals surface area contributed by atoms with E-state index in [9.17, 15) is 8.78 Å². The van der Waals surface area contributed by atoms with Crippen molar-refractivity contribution in [1.29, 1.82) is 0 Å². The van der Waals surface area contributed by atoms with Gasteiger partial charge < -0.3 is 10.6 Å². The summed E-state index contributed by atoms with van der Waals surface area (Å²) in [5.74, 6) is -0.952. The molecule has 0 aliphatic rings. The Labute approximate surface area is 137 Å². The van der Waals surface area contributed by atoms with Crippen LogP contribution in [0.4, 0.5) is 26.2 Å². The van der Waals surface area contributed by atoms with Crippen molar-refractivity contribution in [2.45, 2.75) is 13.5 Å². The lowest BCUT2D eigenvalue weighted by molar-refractivity contribution is 0.590. The number of benzene rings is 2. The van der Waals surface area contributed by atoms with Gasteiger partial charge >= 0.3 is 0 Å². The highest BCUT2D eigenvalue weighted by atomic mass is 19.1. The van der Waals surface area contributed by atoms with Crippen molar-refractivity contribution in [2.24, 2.45) is 0 Å². The summed E-state index contributed by atoms with van der Waals surface area (Å²) in [7, 11) is 0. The fraction of sp³-hybridized carbons (Fsp3) is 0.118. The number of nitrogens with zero attached hydrogens (tertiary/aromatic N) is 3. The van der Waals surface area contributed by atoms with Gasteiger partial charge in [0.2, 0.25) is 5.95 Å². The smallest absolute Gasteiger partial charge is 0.244 e. The SMILES string of the molecule is Cc1ccccc1CNc1nncc(Nc2c(F)cccc2F)n1. The standard InChI is InChI=1S/C17H15F2N5/c1-11-5-2-3-6-12(11)9-20-17-23-15(10-21-24-17)22-16-13(18)7-4-8-14(16)19/h2-8,10H,9H2,1H3,(H2,20,22,23,24). The van der Waals surface area contributed by atoms with Gasteiger partial charge in [0.25, 0.3) is 0 Å². The van der Waals surface area contributed by atoms with Gasteiger partial charge in [-0.05, 0) is 30.2 Å². The lowest BCUT2D eigenvalue weighted by Crippen LogP contribution is -2.08. The number of hydrogen-bond acceptors (Lipinski definition) is 5. The van der Waals surface area contributed by atoms with Gasteiger partial charge in [-0.15, -0.1) is 5.10 Å². The van der Waals surface area contributed by atoms with Crippen LogP contribution < -0.4 is 10.6 Å². The van der Waals surface area contributed by atoms with E-state index >= 15 is 0 Å². The molecule has 0 atom stereocenters. The van der Waals surface area contributed by atoms with Crippen LogP contribution in [0.25, 0.3) is 0 Å². The molecule has 122 valence electrons. The third kappa shape index (κ3) is 3.62. The molecule has 2 N–H and O–H groups in total. The van der Waals surface area contributed by atoms with Gasteiger partial charge in [0.05, 0.1) is 6.20 Å². The Hall–Kier alpha value is -3.09. The first-order chi connectivity index (χ1) is 11.6. The lowest BCUT2D eigenvalue weighted by Gasteiger charge is -2.10. The molecule has 0 aliphatic carbocycles. The summed E-state index contributed by atoms with van der Waals surface area (Å²) in [4.78, 5) is 4.17. The van der Waals surface area contributed by atoms with Crippen LogP contribution in [0.5, 0.6) is 0 Å². The normalized spacial score (nSPS) is 10.5. The maximum absolute atomic E-state index is 13.7. The van der Waals surface area contributed by atoms with Crippen molar-refractivity contribution in [3.8, 4) is 0 Å². The maximum Gasteiger partial charge on any atom is 0.244 e. The lowest BCUT2D eigenvalue weighted by atomic mass is 10.1. The van der Waals surface area contributed by atoms with E-state index in [0.29, 0.717) is 6.54 Å². The largest absolute Gasteiger partial charge is 0.349 e. The maximum atomic E-state index is 13.7. The van der Waals surface area contributed by atoms with Gasteiger partial charge in [-0.3, -0.25) is 0 Å². The molecule has 0 amide bonds. The molecule has 7 heteroatoms. The fourth-order valence-corrected chi connectivity index (χ4v) is 2.17. The van der Waals surface area contributed by atoms with Gasteiger partial charge in [0.1, 0.15) is 17.3 Å². The summed E-state index contributed by atoms with van der Waals surface area (Å²) in [6.45, 7) is 2.53. The number of aryl methyl sites for hydroxylation is 1. The zero-order valence-corrected chi connectivity index (χ0v) is 12.9. The van der Waals surface area contributed by atoms with Gasteiger partial charge in [-0.2, -0.15) is 10.1 Å². The van der Waals surface area contributed by atoms with Crippen molar-refractivity contribution < 1.29 is 8.78 Å². The summed E-state index contributed by atoms with van der Waals surface area (Å²) in [5.41, 5.74) is 1.96. The number of hydrogen-bond donors (Lipinski definition) is 2. The molecule has 0 bridgehead atoms. The summed E-state index contributed by atoms with van der Waals surface area (Å²) in [5, 5.41) is 13.3. The van der Waals surface area contributed by atoms with Crippen LogP contribution >= 0.6 is 0 Å². The second-order valence-electron chi connectivity index (χ2n) is 5.17. The molecular weight excluding hydrogens is 312 g/mol. The molecule has 3 rings (SSSR count). The minimum Gasteiger partial charge on any atom is -0.349 e. The molecule has 0 radical (unpaired) electrons. The average molecular weight is 327 g/mol. The van der Waals surface area contributed by atoms with Crippen LogP contribution in [0.1, 0.15) is 11.1 Å². The van der Waals surface area contributed by atoms with Crippen LogP contribution in [-0.2, 0) is 6.54 Å². The monoisotopic (exact) mass is 327 g/mol. The van der Waals surface area contributed by atoms with Gasteiger partial charge in [0, 0.05) is 6.54 Å². The summed E-state index contributed by atoms with van der Waals surface area (Å²) < 4.78 is 27.3. The van der Waals surface area contributed by atoms with Crippen LogP contribution in [0.2, 0.25) is 0 Å². The van der Waals surface area contributed by atoms with Crippen LogP contribution in [0, 0.1) is 18.6 Å². The van der Waals surface area contributed by atoms with E-state index in [1.807, 2.05) is 31.2 Å². The summed E-state index contributed by atoms with van der Waals surface area (Å²) in [6, 6.07) is 11.5. The fourth-order valence-electron chi connectivity index (χ4n) is 2.17. The highest BCUT2D eigenvalue weighted by molar-refractivity contribution is 5.57. The molecule has 0 unspecified atom stereocenters. The number of halogens is 2. The number of rotatable bonds is 5. The van der Waals surface area contributed by atoms with E-state index in [-0.39, 0.29) is 17.5 Å². The minimum atomic E-state index is -0.706. The topological polar surface area (TPSA) is 62.7 Å². The Bertz CT molecular complexity index is 834. The zero-order valence-electron chi connectivity index (χ0n) is 12.9. The molecule has 2 aromatic carbocycles.